The molecule has 2 N–H and O–H groups in total. The maximum Gasteiger partial charge on any atom is 0.342 e. The Hall–Kier alpha value is -3.22. The summed E-state index contributed by atoms with van der Waals surface area (Å²) in [6.07, 6.45) is 0.583. The van der Waals surface area contributed by atoms with Gasteiger partial charge in [-0.05, 0) is 36.2 Å². The Morgan fingerprint density at radius 3 is 2.46 bits per heavy atom. The van der Waals surface area contributed by atoms with Crippen LogP contribution in [0.5, 0.6) is 17.2 Å². The summed E-state index contributed by atoms with van der Waals surface area (Å²) in [6, 6.07) is 11.5. The first kappa shape index (κ1) is 19.1. The van der Waals surface area contributed by atoms with Gasteiger partial charge in [0.15, 0.2) is 18.1 Å². The molecule has 0 saturated heterocycles. The molecular formula is C19H21NO6. The smallest absolute Gasteiger partial charge is 0.342 e. The number of aromatic hydroxyl groups is 1. The first-order valence-electron chi connectivity index (χ1n) is 7.98. The Kier molecular flexibility index (Phi) is 6.84. The average Bonchev–Trinajstić information content (AvgIpc) is 2.66. The molecule has 1 amide bonds. The number of phenols is 1. The molecule has 0 aromatic heterocycles. The molecular weight excluding hydrogens is 338 g/mol. The summed E-state index contributed by atoms with van der Waals surface area (Å²) < 4.78 is 15.3. The Labute approximate surface area is 151 Å². The zero-order valence-electron chi connectivity index (χ0n) is 14.7. The van der Waals surface area contributed by atoms with Crippen molar-refractivity contribution >= 4 is 11.9 Å². The number of carbonyl (C=O) groups excluding carboxylic acids is 2. The van der Waals surface area contributed by atoms with Crippen LogP contribution in [0, 0.1) is 0 Å². The second-order valence-electron chi connectivity index (χ2n) is 5.38. The third-order valence-electron chi connectivity index (χ3n) is 3.64. The number of methoxy groups -OCH3 is 2. The fourth-order valence-corrected chi connectivity index (χ4v) is 2.29. The van der Waals surface area contributed by atoms with Gasteiger partial charge >= 0.3 is 5.97 Å². The molecule has 0 fully saturated rings. The van der Waals surface area contributed by atoms with Gasteiger partial charge in [-0.15, -0.1) is 0 Å². The molecule has 0 atom stereocenters. The highest BCUT2D eigenvalue weighted by atomic mass is 16.5. The molecule has 0 heterocycles. The summed E-state index contributed by atoms with van der Waals surface area (Å²) in [6.45, 7) is -0.0401. The topological polar surface area (TPSA) is 94.1 Å². The highest BCUT2D eigenvalue weighted by Crippen LogP contribution is 2.27. The van der Waals surface area contributed by atoms with Gasteiger partial charge in [-0.25, -0.2) is 4.79 Å². The lowest BCUT2D eigenvalue weighted by Gasteiger charge is -2.10. The van der Waals surface area contributed by atoms with Crippen molar-refractivity contribution in [2.45, 2.75) is 6.42 Å². The molecule has 2 aromatic rings. The van der Waals surface area contributed by atoms with Crippen LogP contribution >= 0.6 is 0 Å². The van der Waals surface area contributed by atoms with E-state index in [1.807, 2.05) is 12.1 Å². The van der Waals surface area contributed by atoms with Gasteiger partial charge in [0.2, 0.25) is 0 Å². The zero-order valence-corrected chi connectivity index (χ0v) is 14.7. The van der Waals surface area contributed by atoms with Crippen molar-refractivity contribution < 1.29 is 28.9 Å². The minimum absolute atomic E-state index is 0.0191. The van der Waals surface area contributed by atoms with Crippen molar-refractivity contribution in [3.8, 4) is 17.2 Å². The van der Waals surface area contributed by atoms with Crippen LogP contribution in [0.3, 0.4) is 0 Å². The number of esters is 1. The van der Waals surface area contributed by atoms with Crippen LogP contribution in [0.15, 0.2) is 42.5 Å². The van der Waals surface area contributed by atoms with Gasteiger partial charge in [0.05, 0.1) is 14.2 Å². The number of phenolic OH excluding ortho intramolecular Hbond substituents is 1. The van der Waals surface area contributed by atoms with E-state index in [1.54, 1.807) is 32.4 Å². The third-order valence-corrected chi connectivity index (χ3v) is 3.64. The molecule has 26 heavy (non-hydrogen) atoms. The number of amides is 1. The summed E-state index contributed by atoms with van der Waals surface area (Å²) in [7, 11) is 3.12. The van der Waals surface area contributed by atoms with E-state index in [1.165, 1.54) is 12.1 Å². The van der Waals surface area contributed by atoms with E-state index in [0.29, 0.717) is 24.5 Å². The molecule has 7 nitrogen and oxygen atoms in total. The summed E-state index contributed by atoms with van der Waals surface area (Å²) in [5, 5.41) is 12.2. The zero-order chi connectivity index (χ0) is 18.9. The Balaban J connectivity index is 1.77. The monoisotopic (exact) mass is 359 g/mol. The molecule has 0 unspecified atom stereocenters. The fraction of sp³-hybridized carbons (Fsp3) is 0.263. The van der Waals surface area contributed by atoms with Gasteiger partial charge in [0, 0.05) is 6.54 Å². The van der Waals surface area contributed by atoms with Gasteiger partial charge < -0.3 is 24.6 Å². The van der Waals surface area contributed by atoms with Crippen LogP contribution in [-0.2, 0) is 16.0 Å². The standard InChI is InChI=1S/C19H21NO6/c1-24-16-8-7-13(11-17(16)25-2)9-10-20-18(22)12-26-19(23)14-5-3-4-6-15(14)21/h3-8,11,21H,9-10,12H2,1-2H3,(H,20,22). The van der Waals surface area contributed by atoms with E-state index in [9.17, 15) is 14.7 Å². The third kappa shape index (κ3) is 5.14. The first-order chi connectivity index (χ1) is 12.5. The number of para-hydroxylation sites is 1. The van der Waals surface area contributed by atoms with Crippen LogP contribution in [0.4, 0.5) is 0 Å². The number of carbonyl (C=O) groups is 2. The van der Waals surface area contributed by atoms with Gasteiger partial charge in [-0.1, -0.05) is 18.2 Å². The van der Waals surface area contributed by atoms with Crippen molar-refractivity contribution in [1.82, 2.24) is 5.32 Å². The maximum absolute atomic E-state index is 11.8. The second-order valence-corrected chi connectivity index (χ2v) is 5.38. The normalized spacial score (nSPS) is 10.1. The van der Waals surface area contributed by atoms with Crippen molar-refractivity contribution in [1.29, 1.82) is 0 Å². The highest BCUT2D eigenvalue weighted by molar-refractivity contribution is 5.93. The molecule has 138 valence electrons. The van der Waals surface area contributed by atoms with Crippen molar-refractivity contribution in [3.63, 3.8) is 0 Å². The molecule has 0 spiro atoms. The Morgan fingerprint density at radius 2 is 1.77 bits per heavy atom. The van der Waals surface area contributed by atoms with Crippen molar-refractivity contribution in [3.05, 3.63) is 53.6 Å². The number of hydrogen-bond donors (Lipinski definition) is 2. The minimum atomic E-state index is -0.752. The number of ether oxygens (including phenoxy) is 3. The van der Waals surface area contributed by atoms with E-state index >= 15 is 0 Å². The molecule has 0 saturated carbocycles. The lowest BCUT2D eigenvalue weighted by molar-refractivity contribution is -0.124. The summed E-state index contributed by atoms with van der Waals surface area (Å²) >= 11 is 0. The van der Waals surface area contributed by atoms with Crippen LogP contribution in [0.2, 0.25) is 0 Å². The predicted octanol–water partition coefficient (Wildman–Crippen LogP) is 1.93. The van der Waals surface area contributed by atoms with Gasteiger partial charge in [0.25, 0.3) is 5.91 Å². The molecule has 2 aromatic carbocycles. The molecule has 0 aliphatic carbocycles. The quantitative estimate of drug-likeness (QED) is 0.700. The average molecular weight is 359 g/mol. The number of benzene rings is 2. The summed E-state index contributed by atoms with van der Waals surface area (Å²) in [4.78, 5) is 23.6. The Morgan fingerprint density at radius 1 is 1.04 bits per heavy atom. The van der Waals surface area contributed by atoms with Crippen LogP contribution in [0.1, 0.15) is 15.9 Å². The Bertz CT molecular complexity index is 774. The van der Waals surface area contributed by atoms with Gasteiger partial charge in [0.1, 0.15) is 11.3 Å². The highest BCUT2D eigenvalue weighted by Gasteiger charge is 2.13. The van der Waals surface area contributed by atoms with Crippen molar-refractivity contribution in [2.24, 2.45) is 0 Å². The molecule has 0 radical (unpaired) electrons. The van der Waals surface area contributed by atoms with Crippen LogP contribution in [-0.4, -0.2) is 44.4 Å². The fourth-order valence-electron chi connectivity index (χ4n) is 2.29. The SMILES string of the molecule is COc1ccc(CCNC(=O)COC(=O)c2ccccc2O)cc1OC. The van der Waals surface area contributed by atoms with E-state index in [4.69, 9.17) is 14.2 Å². The number of rotatable bonds is 8. The molecule has 0 bridgehead atoms. The van der Waals surface area contributed by atoms with Crippen LogP contribution in [0.25, 0.3) is 0 Å². The molecule has 0 aliphatic rings. The first-order valence-corrected chi connectivity index (χ1v) is 7.98. The number of hydrogen-bond acceptors (Lipinski definition) is 6. The summed E-state index contributed by atoms with van der Waals surface area (Å²) in [5.41, 5.74) is 0.986. The van der Waals surface area contributed by atoms with E-state index < -0.39 is 18.5 Å². The summed E-state index contributed by atoms with van der Waals surface area (Å²) in [5.74, 6) is -0.108. The molecule has 0 aliphatic heterocycles. The maximum atomic E-state index is 11.8. The lowest BCUT2D eigenvalue weighted by Crippen LogP contribution is -2.30. The van der Waals surface area contributed by atoms with E-state index in [2.05, 4.69) is 5.32 Å². The van der Waals surface area contributed by atoms with E-state index in [-0.39, 0.29) is 11.3 Å². The van der Waals surface area contributed by atoms with Gasteiger partial charge in [-0.2, -0.15) is 0 Å². The van der Waals surface area contributed by atoms with Crippen LogP contribution < -0.4 is 14.8 Å². The molecule has 2 rings (SSSR count). The predicted molar refractivity (Wildman–Crippen MR) is 94.6 cm³/mol. The van der Waals surface area contributed by atoms with Gasteiger partial charge in [-0.3, -0.25) is 4.79 Å². The molecule has 7 heteroatoms. The lowest BCUT2D eigenvalue weighted by atomic mass is 10.1. The second kappa shape index (κ2) is 9.31. The minimum Gasteiger partial charge on any atom is -0.507 e. The van der Waals surface area contributed by atoms with E-state index in [0.717, 1.165) is 5.56 Å². The number of nitrogens with one attached hydrogen (secondary N) is 1. The van der Waals surface area contributed by atoms with Crippen molar-refractivity contribution in [2.75, 3.05) is 27.4 Å². The largest absolute Gasteiger partial charge is 0.507 e.